The Kier molecular flexibility index (Phi) is 4.30. The predicted molar refractivity (Wildman–Crippen MR) is 57.6 cm³/mol. The molecule has 1 aromatic heterocycles. The van der Waals surface area contributed by atoms with Crippen LogP contribution >= 0.6 is 0 Å². The van der Waals surface area contributed by atoms with Crippen molar-refractivity contribution in [2.75, 3.05) is 11.9 Å². The summed E-state index contributed by atoms with van der Waals surface area (Å²) in [7, 11) is 0. The lowest BCUT2D eigenvalue weighted by molar-refractivity contribution is -0.116. The number of hydrogen-bond donors (Lipinski definition) is 3. The van der Waals surface area contributed by atoms with E-state index < -0.39 is 0 Å². The molecule has 1 rings (SSSR count). The Morgan fingerprint density at radius 3 is 2.93 bits per heavy atom. The first-order chi connectivity index (χ1) is 7.13. The second-order valence-corrected chi connectivity index (χ2v) is 3.74. The smallest absolute Gasteiger partial charge is 0.225 e. The summed E-state index contributed by atoms with van der Waals surface area (Å²) >= 11 is 0. The van der Waals surface area contributed by atoms with Gasteiger partial charge in [-0.2, -0.15) is 5.10 Å². The monoisotopic (exact) mass is 211 g/mol. The van der Waals surface area contributed by atoms with Crippen molar-refractivity contribution in [1.82, 2.24) is 10.2 Å². The van der Waals surface area contributed by atoms with Crippen LogP contribution in [0.2, 0.25) is 0 Å². The number of hydrogen-bond acceptors (Lipinski definition) is 3. The van der Waals surface area contributed by atoms with Crippen LogP contribution in [-0.2, 0) is 4.79 Å². The van der Waals surface area contributed by atoms with E-state index in [1.54, 1.807) is 0 Å². The van der Waals surface area contributed by atoms with Gasteiger partial charge < -0.3 is 10.4 Å². The molecule has 15 heavy (non-hydrogen) atoms. The van der Waals surface area contributed by atoms with E-state index in [4.69, 9.17) is 5.11 Å². The Morgan fingerprint density at radius 2 is 2.40 bits per heavy atom. The number of H-pyrrole nitrogens is 1. The summed E-state index contributed by atoms with van der Waals surface area (Å²) in [5, 5.41) is 18.0. The molecule has 3 N–H and O–H groups in total. The van der Waals surface area contributed by atoms with Crippen LogP contribution < -0.4 is 5.32 Å². The maximum absolute atomic E-state index is 11.3. The molecule has 5 heteroatoms. The zero-order valence-electron chi connectivity index (χ0n) is 9.08. The first-order valence-corrected chi connectivity index (χ1v) is 5.09. The highest BCUT2D eigenvalue weighted by molar-refractivity contribution is 5.89. The van der Waals surface area contributed by atoms with Crippen molar-refractivity contribution >= 4 is 11.7 Å². The largest absolute Gasteiger partial charge is 0.396 e. The van der Waals surface area contributed by atoms with E-state index in [2.05, 4.69) is 15.5 Å². The van der Waals surface area contributed by atoms with E-state index in [0.29, 0.717) is 24.6 Å². The average molecular weight is 211 g/mol. The summed E-state index contributed by atoms with van der Waals surface area (Å²) in [5.41, 5.74) is 0.993. The van der Waals surface area contributed by atoms with Gasteiger partial charge in [0.2, 0.25) is 5.91 Å². The van der Waals surface area contributed by atoms with Gasteiger partial charge in [-0.3, -0.25) is 9.89 Å². The second kappa shape index (κ2) is 5.50. The number of aromatic nitrogens is 2. The molecule has 1 aromatic rings. The molecule has 1 heterocycles. The molecule has 0 spiro atoms. The van der Waals surface area contributed by atoms with Crippen LogP contribution in [0, 0.1) is 0 Å². The van der Waals surface area contributed by atoms with Crippen LogP contribution in [0.4, 0.5) is 5.82 Å². The maximum Gasteiger partial charge on any atom is 0.225 e. The fraction of sp³-hybridized carbons (Fsp3) is 0.600. The fourth-order valence-corrected chi connectivity index (χ4v) is 1.14. The molecule has 1 amide bonds. The van der Waals surface area contributed by atoms with Gasteiger partial charge >= 0.3 is 0 Å². The number of amides is 1. The Balaban J connectivity index is 2.46. The summed E-state index contributed by atoms with van der Waals surface area (Å²) in [6.07, 6.45) is 0.799. The van der Waals surface area contributed by atoms with Gasteiger partial charge in [-0.15, -0.1) is 0 Å². The molecule has 84 valence electrons. The lowest BCUT2D eigenvalue weighted by atomic mass is 10.1. The Bertz CT molecular complexity index is 320. The third-order valence-electron chi connectivity index (χ3n) is 2.05. The molecule has 0 bridgehead atoms. The molecule has 0 saturated heterocycles. The van der Waals surface area contributed by atoms with Crippen LogP contribution in [0.15, 0.2) is 6.07 Å². The molecular formula is C10H17N3O2. The molecule has 0 aromatic carbocycles. The van der Waals surface area contributed by atoms with Gasteiger partial charge in [-0.25, -0.2) is 0 Å². The fourth-order valence-electron chi connectivity index (χ4n) is 1.14. The molecule has 0 aliphatic heterocycles. The van der Waals surface area contributed by atoms with Crippen LogP contribution in [0.3, 0.4) is 0 Å². The summed E-state index contributed by atoms with van der Waals surface area (Å²) in [6, 6.07) is 1.82. The lowest BCUT2D eigenvalue weighted by Crippen LogP contribution is -2.11. The summed E-state index contributed by atoms with van der Waals surface area (Å²) in [6.45, 7) is 4.13. The molecule has 0 aliphatic carbocycles. The van der Waals surface area contributed by atoms with Crippen LogP contribution in [0.25, 0.3) is 0 Å². The minimum absolute atomic E-state index is 0.0330. The molecule has 0 radical (unpaired) electrons. The van der Waals surface area contributed by atoms with Crippen LogP contribution in [0.1, 0.15) is 38.3 Å². The molecule has 0 aliphatic rings. The third kappa shape index (κ3) is 3.71. The Morgan fingerprint density at radius 1 is 1.67 bits per heavy atom. The highest BCUT2D eigenvalue weighted by Gasteiger charge is 2.07. The number of anilines is 1. The molecule has 0 atom stereocenters. The van der Waals surface area contributed by atoms with Crippen molar-refractivity contribution in [3.05, 3.63) is 11.8 Å². The van der Waals surface area contributed by atoms with Gasteiger partial charge in [0, 0.05) is 24.8 Å². The van der Waals surface area contributed by atoms with Gasteiger partial charge in [0.25, 0.3) is 0 Å². The van der Waals surface area contributed by atoms with E-state index >= 15 is 0 Å². The number of nitrogens with zero attached hydrogens (tertiary/aromatic N) is 1. The summed E-state index contributed by atoms with van der Waals surface area (Å²) < 4.78 is 0. The molecule has 0 saturated carbocycles. The normalized spacial score (nSPS) is 10.7. The molecular weight excluding hydrogens is 194 g/mol. The van der Waals surface area contributed by atoms with Crippen molar-refractivity contribution in [3.8, 4) is 0 Å². The first-order valence-electron chi connectivity index (χ1n) is 5.09. The van der Waals surface area contributed by atoms with Gasteiger partial charge in [0.05, 0.1) is 0 Å². The predicted octanol–water partition coefficient (Wildman–Crippen LogP) is 1.24. The number of aliphatic hydroxyl groups is 1. The van der Waals surface area contributed by atoms with E-state index in [9.17, 15) is 4.79 Å². The SMILES string of the molecule is CC(C)c1cc(NC(=O)CCCO)n[nH]1. The van der Waals surface area contributed by atoms with Gasteiger partial charge in [0.15, 0.2) is 5.82 Å². The standard InChI is InChI=1S/C10H17N3O2/c1-7(2)8-6-9(13-12-8)11-10(15)4-3-5-14/h6-7,14H,3-5H2,1-2H3,(H2,11,12,13,15). The van der Waals surface area contributed by atoms with E-state index in [1.807, 2.05) is 19.9 Å². The summed E-state index contributed by atoms with van der Waals surface area (Å²) in [4.78, 5) is 11.3. The van der Waals surface area contributed by atoms with E-state index in [0.717, 1.165) is 5.69 Å². The molecule has 5 nitrogen and oxygen atoms in total. The number of rotatable bonds is 5. The quantitative estimate of drug-likeness (QED) is 0.685. The number of carbonyl (C=O) groups excluding carboxylic acids is 1. The third-order valence-corrected chi connectivity index (χ3v) is 2.05. The maximum atomic E-state index is 11.3. The Labute approximate surface area is 88.9 Å². The van der Waals surface area contributed by atoms with Crippen molar-refractivity contribution in [3.63, 3.8) is 0 Å². The topological polar surface area (TPSA) is 78.0 Å². The second-order valence-electron chi connectivity index (χ2n) is 3.74. The van der Waals surface area contributed by atoms with Crippen LogP contribution in [0.5, 0.6) is 0 Å². The van der Waals surface area contributed by atoms with E-state index in [1.165, 1.54) is 0 Å². The Hall–Kier alpha value is -1.36. The number of aromatic amines is 1. The van der Waals surface area contributed by atoms with Crippen molar-refractivity contribution in [1.29, 1.82) is 0 Å². The van der Waals surface area contributed by atoms with Crippen LogP contribution in [-0.4, -0.2) is 27.8 Å². The molecule has 0 fully saturated rings. The highest BCUT2D eigenvalue weighted by atomic mass is 16.3. The zero-order chi connectivity index (χ0) is 11.3. The van der Waals surface area contributed by atoms with Crippen molar-refractivity contribution in [2.45, 2.75) is 32.6 Å². The minimum Gasteiger partial charge on any atom is -0.396 e. The van der Waals surface area contributed by atoms with Gasteiger partial charge in [0.1, 0.15) is 0 Å². The number of nitrogens with one attached hydrogen (secondary N) is 2. The van der Waals surface area contributed by atoms with Gasteiger partial charge in [-0.05, 0) is 12.3 Å². The average Bonchev–Trinajstić information content (AvgIpc) is 2.63. The number of aliphatic hydroxyl groups excluding tert-OH is 1. The first kappa shape index (κ1) is 11.7. The zero-order valence-corrected chi connectivity index (χ0v) is 9.08. The summed E-state index contributed by atoms with van der Waals surface area (Å²) in [5.74, 6) is 0.785. The van der Waals surface area contributed by atoms with E-state index in [-0.39, 0.29) is 12.5 Å². The minimum atomic E-state index is -0.120. The highest BCUT2D eigenvalue weighted by Crippen LogP contribution is 2.14. The molecule has 0 unspecified atom stereocenters. The lowest BCUT2D eigenvalue weighted by Gasteiger charge is -1.99. The van der Waals surface area contributed by atoms with Gasteiger partial charge in [-0.1, -0.05) is 13.8 Å². The van der Waals surface area contributed by atoms with Crippen molar-refractivity contribution < 1.29 is 9.90 Å². The van der Waals surface area contributed by atoms with Crippen molar-refractivity contribution in [2.24, 2.45) is 0 Å². The number of carbonyl (C=O) groups is 1.